The van der Waals surface area contributed by atoms with Crippen LogP contribution in [0.5, 0.6) is 0 Å². The van der Waals surface area contributed by atoms with E-state index in [1.54, 1.807) is 33.0 Å². The van der Waals surface area contributed by atoms with Gasteiger partial charge in [0.2, 0.25) is 10.0 Å². The van der Waals surface area contributed by atoms with E-state index in [9.17, 15) is 17.2 Å². The van der Waals surface area contributed by atoms with Crippen LogP contribution in [-0.2, 0) is 10.0 Å². The molecule has 0 bridgehead atoms. The van der Waals surface area contributed by atoms with E-state index in [4.69, 9.17) is 4.52 Å². The van der Waals surface area contributed by atoms with Gasteiger partial charge in [0, 0.05) is 40.8 Å². The van der Waals surface area contributed by atoms with E-state index < -0.39 is 16.6 Å². The van der Waals surface area contributed by atoms with E-state index in [-0.39, 0.29) is 5.75 Å². The van der Waals surface area contributed by atoms with E-state index in [0.29, 0.717) is 50.3 Å². The molecular weight excluding hydrogens is 416 g/mol. The van der Waals surface area contributed by atoms with Crippen LogP contribution in [0.25, 0.3) is 33.3 Å². The molecule has 0 spiro atoms. The molecule has 0 unspecified atom stereocenters. The van der Waals surface area contributed by atoms with E-state index in [0.717, 1.165) is 9.54 Å². The maximum absolute atomic E-state index is 13.0. The van der Waals surface area contributed by atoms with E-state index in [1.165, 1.54) is 18.6 Å². The number of alkyl halides is 2. The molecule has 0 atom stereocenters. The maximum Gasteiger partial charge on any atom is 0.333 e. The SMILES string of the molecule is CCCS(=O)(=O)n1cc(-c2cnn(C(F)F)c2)c2ncc(-c3c(C)noc3C)cc21. The van der Waals surface area contributed by atoms with Crippen molar-refractivity contribution in [3.05, 3.63) is 42.3 Å². The highest BCUT2D eigenvalue weighted by atomic mass is 32.2. The number of fused-ring (bicyclic) bond motifs is 1. The lowest BCUT2D eigenvalue weighted by Gasteiger charge is -2.07. The van der Waals surface area contributed by atoms with Gasteiger partial charge in [0.05, 0.1) is 28.7 Å². The van der Waals surface area contributed by atoms with Crippen molar-refractivity contribution in [2.75, 3.05) is 5.75 Å². The van der Waals surface area contributed by atoms with Gasteiger partial charge in [-0.1, -0.05) is 12.1 Å². The highest BCUT2D eigenvalue weighted by Gasteiger charge is 2.23. The second-order valence-electron chi connectivity index (χ2n) is 6.93. The Morgan fingerprint density at radius 2 is 1.93 bits per heavy atom. The largest absolute Gasteiger partial charge is 0.361 e. The number of pyridine rings is 1. The number of aryl methyl sites for hydroxylation is 2. The Balaban J connectivity index is 1.98. The second-order valence-corrected chi connectivity index (χ2v) is 8.90. The molecule has 0 fully saturated rings. The first-order chi connectivity index (χ1) is 14.2. The molecule has 0 saturated heterocycles. The van der Waals surface area contributed by atoms with Crippen molar-refractivity contribution >= 4 is 21.1 Å². The maximum atomic E-state index is 13.0. The van der Waals surface area contributed by atoms with Crippen LogP contribution >= 0.6 is 0 Å². The Morgan fingerprint density at radius 1 is 1.17 bits per heavy atom. The number of halogens is 2. The smallest absolute Gasteiger partial charge is 0.333 e. The van der Waals surface area contributed by atoms with Crippen molar-refractivity contribution in [3.8, 4) is 22.3 Å². The highest BCUT2D eigenvalue weighted by Crippen LogP contribution is 2.35. The predicted molar refractivity (Wildman–Crippen MR) is 107 cm³/mol. The third-order valence-corrected chi connectivity index (χ3v) is 6.63. The van der Waals surface area contributed by atoms with E-state index >= 15 is 0 Å². The van der Waals surface area contributed by atoms with Gasteiger partial charge < -0.3 is 4.52 Å². The van der Waals surface area contributed by atoms with E-state index in [1.807, 2.05) is 0 Å². The fourth-order valence-corrected chi connectivity index (χ4v) is 4.91. The van der Waals surface area contributed by atoms with Crippen LogP contribution in [0.1, 0.15) is 31.3 Å². The van der Waals surface area contributed by atoms with Gasteiger partial charge in [0.15, 0.2) is 0 Å². The molecule has 0 N–H and O–H groups in total. The Bertz CT molecular complexity index is 1320. The Labute approximate surface area is 171 Å². The zero-order valence-electron chi connectivity index (χ0n) is 16.5. The van der Waals surface area contributed by atoms with E-state index in [2.05, 4.69) is 15.2 Å². The molecule has 4 rings (SSSR count). The fraction of sp³-hybridized carbons (Fsp3) is 0.316. The van der Waals surface area contributed by atoms with Gasteiger partial charge in [-0.05, 0) is 26.3 Å². The van der Waals surface area contributed by atoms with Crippen LogP contribution in [0.3, 0.4) is 0 Å². The molecule has 11 heteroatoms. The zero-order chi connectivity index (χ0) is 21.6. The Morgan fingerprint density at radius 3 is 2.53 bits per heavy atom. The summed E-state index contributed by atoms with van der Waals surface area (Å²) in [7, 11) is -3.68. The van der Waals surface area contributed by atoms with Gasteiger partial charge in [-0.15, -0.1) is 0 Å². The average molecular weight is 435 g/mol. The van der Waals surface area contributed by atoms with Gasteiger partial charge in [0.1, 0.15) is 5.76 Å². The van der Waals surface area contributed by atoms with Crippen LogP contribution < -0.4 is 0 Å². The monoisotopic (exact) mass is 435 g/mol. The zero-order valence-corrected chi connectivity index (χ0v) is 17.3. The van der Waals surface area contributed by atoms with Gasteiger partial charge in [-0.3, -0.25) is 4.98 Å². The normalized spacial score (nSPS) is 12.3. The molecule has 0 aliphatic rings. The van der Waals surface area contributed by atoms with Crippen molar-refractivity contribution in [3.63, 3.8) is 0 Å². The lowest BCUT2D eigenvalue weighted by atomic mass is 10.1. The lowest BCUT2D eigenvalue weighted by molar-refractivity contribution is 0.0566. The minimum absolute atomic E-state index is 0.0674. The molecule has 0 saturated carbocycles. The number of hydrogen-bond acceptors (Lipinski definition) is 6. The molecule has 0 aliphatic carbocycles. The topological polar surface area (TPSA) is 95.8 Å². The van der Waals surface area contributed by atoms with Crippen molar-refractivity contribution in [2.24, 2.45) is 0 Å². The third-order valence-electron chi connectivity index (χ3n) is 4.80. The van der Waals surface area contributed by atoms with Crippen LogP contribution in [0.15, 0.2) is 35.4 Å². The third kappa shape index (κ3) is 3.28. The van der Waals surface area contributed by atoms with Crippen LogP contribution in [-0.4, -0.2) is 38.1 Å². The molecule has 4 aromatic heterocycles. The van der Waals surface area contributed by atoms with Crippen molar-refractivity contribution < 1.29 is 21.7 Å². The minimum atomic E-state index is -3.68. The number of nitrogens with zero attached hydrogens (tertiary/aromatic N) is 5. The minimum Gasteiger partial charge on any atom is -0.361 e. The van der Waals surface area contributed by atoms with Crippen LogP contribution in [0.4, 0.5) is 8.78 Å². The molecule has 8 nitrogen and oxygen atoms in total. The summed E-state index contributed by atoms with van der Waals surface area (Å²) >= 11 is 0. The number of hydrogen-bond donors (Lipinski definition) is 0. The molecule has 0 aliphatic heterocycles. The highest BCUT2D eigenvalue weighted by molar-refractivity contribution is 7.90. The van der Waals surface area contributed by atoms with Crippen molar-refractivity contribution in [1.29, 1.82) is 0 Å². The number of aromatic nitrogens is 5. The van der Waals surface area contributed by atoms with Gasteiger partial charge in [-0.25, -0.2) is 17.1 Å². The van der Waals surface area contributed by atoms with Crippen molar-refractivity contribution in [2.45, 2.75) is 33.7 Å². The summed E-state index contributed by atoms with van der Waals surface area (Å²) < 4.78 is 58.6. The van der Waals surface area contributed by atoms with Gasteiger partial charge in [-0.2, -0.15) is 13.9 Å². The average Bonchev–Trinajstić information content (AvgIpc) is 3.38. The summed E-state index contributed by atoms with van der Waals surface area (Å²) in [5.41, 5.74) is 3.52. The summed E-state index contributed by atoms with van der Waals surface area (Å²) in [5, 5.41) is 7.58. The first-order valence-electron chi connectivity index (χ1n) is 9.23. The fourth-order valence-electron chi connectivity index (χ4n) is 3.49. The van der Waals surface area contributed by atoms with Crippen molar-refractivity contribution in [1.82, 2.24) is 23.9 Å². The summed E-state index contributed by atoms with van der Waals surface area (Å²) in [5.74, 6) is 0.517. The van der Waals surface area contributed by atoms with Gasteiger partial charge in [0.25, 0.3) is 0 Å². The Hall–Kier alpha value is -3.08. The molecule has 30 heavy (non-hydrogen) atoms. The molecular formula is C19H19F2N5O3S. The molecule has 0 radical (unpaired) electrons. The summed E-state index contributed by atoms with van der Waals surface area (Å²) in [4.78, 5) is 4.46. The quantitative estimate of drug-likeness (QED) is 0.451. The first-order valence-corrected chi connectivity index (χ1v) is 10.8. The molecule has 0 amide bonds. The summed E-state index contributed by atoms with van der Waals surface area (Å²) in [6.45, 7) is 2.52. The van der Waals surface area contributed by atoms with Crippen LogP contribution in [0.2, 0.25) is 0 Å². The summed E-state index contributed by atoms with van der Waals surface area (Å²) in [6, 6.07) is 1.70. The molecule has 4 heterocycles. The molecule has 4 aromatic rings. The second kappa shape index (κ2) is 7.31. The predicted octanol–water partition coefficient (Wildman–Crippen LogP) is 4.15. The molecule has 0 aromatic carbocycles. The lowest BCUT2D eigenvalue weighted by Crippen LogP contribution is -2.15. The standard InChI is InChI=1S/C19H19F2N5O3S/c1-4-5-30(27,28)26-10-15(14-8-23-25(9-14)19(20)21)18-16(26)6-13(7-22-18)17-11(2)24-29-12(17)3/h6-10,19H,4-5H2,1-3H3. The number of rotatable bonds is 6. The Kier molecular flexibility index (Phi) is 4.92. The molecule has 158 valence electrons. The first kappa shape index (κ1) is 20.2. The van der Waals surface area contributed by atoms with Gasteiger partial charge >= 0.3 is 6.55 Å². The summed E-state index contributed by atoms with van der Waals surface area (Å²) in [6.07, 6.45) is 5.86. The van der Waals surface area contributed by atoms with Crippen LogP contribution in [0, 0.1) is 13.8 Å².